The van der Waals surface area contributed by atoms with Crippen LogP contribution in [0.25, 0.3) is 11.0 Å². The van der Waals surface area contributed by atoms with Gasteiger partial charge in [0.25, 0.3) is 0 Å². The van der Waals surface area contributed by atoms with Crippen LogP contribution in [0.1, 0.15) is 18.5 Å². The molecule has 1 aromatic heterocycles. The van der Waals surface area contributed by atoms with Crippen LogP contribution in [0.15, 0.2) is 54.9 Å². The van der Waals surface area contributed by atoms with E-state index in [1.165, 1.54) is 0 Å². The molecule has 1 heterocycles. The second kappa shape index (κ2) is 5.99. The summed E-state index contributed by atoms with van der Waals surface area (Å²) in [5.41, 5.74) is 9.19. The minimum absolute atomic E-state index is 0.0858. The molecule has 0 bridgehead atoms. The van der Waals surface area contributed by atoms with Gasteiger partial charge in [0.1, 0.15) is 6.04 Å². The van der Waals surface area contributed by atoms with Crippen LogP contribution in [0.4, 0.5) is 5.69 Å². The number of hydrogen-bond donors (Lipinski definition) is 2. The minimum atomic E-state index is -0.353. The zero-order chi connectivity index (χ0) is 15.5. The lowest BCUT2D eigenvalue weighted by Crippen LogP contribution is -2.23. The van der Waals surface area contributed by atoms with Gasteiger partial charge < -0.3 is 15.6 Å². The van der Waals surface area contributed by atoms with E-state index >= 15 is 0 Å². The summed E-state index contributed by atoms with van der Waals surface area (Å²) in [6.45, 7) is 2.31. The molecule has 0 spiro atoms. The summed E-state index contributed by atoms with van der Waals surface area (Å²) in [5, 5.41) is 2.93. The van der Waals surface area contributed by atoms with Crippen LogP contribution in [0.5, 0.6) is 0 Å². The predicted octanol–water partition coefficient (Wildman–Crippen LogP) is 2.69. The normalized spacial score (nSPS) is 12.3. The number of para-hydroxylation sites is 2. The van der Waals surface area contributed by atoms with Crippen molar-refractivity contribution in [3.05, 3.63) is 60.4 Å². The van der Waals surface area contributed by atoms with Gasteiger partial charge in [-0.1, -0.05) is 24.3 Å². The Balaban J connectivity index is 1.82. The quantitative estimate of drug-likeness (QED) is 0.777. The Hall–Kier alpha value is -2.66. The van der Waals surface area contributed by atoms with Crippen molar-refractivity contribution in [2.75, 3.05) is 5.32 Å². The lowest BCUT2D eigenvalue weighted by Gasteiger charge is -2.15. The summed E-state index contributed by atoms with van der Waals surface area (Å²) >= 11 is 0. The Labute approximate surface area is 128 Å². The van der Waals surface area contributed by atoms with Gasteiger partial charge in [0.2, 0.25) is 5.91 Å². The number of nitrogens with two attached hydrogens (primary N) is 1. The van der Waals surface area contributed by atoms with E-state index in [4.69, 9.17) is 5.73 Å². The highest BCUT2D eigenvalue weighted by Gasteiger charge is 2.17. The topological polar surface area (TPSA) is 72.9 Å². The van der Waals surface area contributed by atoms with Gasteiger partial charge in [-0.25, -0.2) is 4.98 Å². The number of anilines is 1. The van der Waals surface area contributed by atoms with E-state index in [0.717, 1.165) is 22.3 Å². The van der Waals surface area contributed by atoms with Crippen molar-refractivity contribution in [2.45, 2.75) is 19.5 Å². The molecule has 2 aromatic carbocycles. The predicted molar refractivity (Wildman–Crippen MR) is 87.4 cm³/mol. The van der Waals surface area contributed by atoms with Crippen LogP contribution in [-0.4, -0.2) is 15.5 Å². The second-order valence-corrected chi connectivity index (χ2v) is 5.21. The highest BCUT2D eigenvalue weighted by Crippen LogP contribution is 2.19. The number of hydrogen-bond acceptors (Lipinski definition) is 3. The summed E-state index contributed by atoms with van der Waals surface area (Å²) in [6, 6.07) is 15.0. The van der Waals surface area contributed by atoms with E-state index in [2.05, 4.69) is 10.3 Å². The number of benzene rings is 2. The molecule has 5 nitrogen and oxygen atoms in total. The van der Waals surface area contributed by atoms with Crippen LogP contribution in [-0.2, 0) is 11.3 Å². The summed E-state index contributed by atoms with van der Waals surface area (Å²) in [5.74, 6) is -0.0858. The molecule has 5 heteroatoms. The third-order valence-electron chi connectivity index (χ3n) is 3.71. The fraction of sp³-hybridized carbons (Fsp3) is 0.176. The monoisotopic (exact) mass is 294 g/mol. The smallest absolute Gasteiger partial charge is 0.247 e. The Morgan fingerprint density at radius 1 is 1.27 bits per heavy atom. The highest BCUT2D eigenvalue weighted by molar-refractivity contribution is 5.94. The number of rotatable bonds is 4. The maximum Gasteiger partial charge on any atom is 0.247 e. The zero-order valence-corrected chi connectivity index (χ0v) is 12.4. The third kappa shape index (κ3) is 2.71. The Bertz CT molecular complexity index is 809. The first-order valence-electron chi connectivity index (χ1n) is 7.20. The van der Waals surface area contributed by atoms with Gasteiger partial charge >= 0.3 is 0 Å². The van der Waals surface area contributed by atoms with Crippen LogP contribution in [0, 0.1) is 0 Å². The third-order valence-corrected chi connectivity index (χ3v) is 3.71. The molecule has 0 aliphatic heterocycles. The van der Waals surface area contributed by atoms with E-state index in [0.29, 0.717) is 6.54 Å². The number of nitrogens with one attached hydrogen (secondary N) is 1. The lowest BCUT2D eigenvalue weighted by molar-refractivity contribution is -0.118. The van der Waals surface area contributed by atoms with Crippen LogP contribution >= 0.6 is 0 Å². The molecule has 0 aliphatic carbocycles. The first-order valence-corrected chi connectivity index (χ1v) is 7.20. The van der Waals surface area contributed by atoms with Crippen LogP contribution in [0.3, 0.4) is 0 Å². The fourth-order valence-corrected chi connectivity index (χ4v) is 2.44. The number of aromatic nitrogens is 2. The second-order valence-electron chi connectivity index (χ2n) is 5.21. The number of carbonyl (C=O) groups is 1. The van der Waals surface area contributed by atoms with Crippen molar-refractivity contribution >= 4 is 22.6 Å². The number of fused-ring (bicyclic) bond motifs is 1. The van der Waals surface area contributed by atoms with E-state index < -0.39 is 0 Å². The molecule has 3 rings (SSSR count). The van der Waals surface area contributed by atoms with E-state index in [-0.39, 0.29) is 11.9 Å². The first kappa shape index (κ1) is 14.3. The number of nitrogens with zero attached hydrogens (tertiary/aromatic N) is 2. The molecule has 1 atom stereocenters. The van der Waals surface area contributed by atoms with Gasteiger partial charge in [-0.05, 0) is 36.8 Å². The van der Waals surface area contributed by atoms with Gasteiger partial charge in [0.05, 0.1) is 17.4 Å². The average molecular weight is 294 g/mol. The van der Waals surface area contributed by atoms with Gasteiger partial charge in [0.15, 0.2) is 0 Å². The van der Waals surface area contributed by atoms with Crippen molar-refractivity contribution in [1.29, 1.82) is 0 Å². The maximum atomic E-state index is 12.5. The van der Waals surface area contributed by atoms with Gasteiger partial charge in [-0.3, -0.25) is 4.79 Å². The summed E-state index contributed by atoms with van der Waals surface area (Å²) < 4.78 is 1.87. The molecule has 1 amide bonds. The molecule has 0 saturated heterocycles. The van der Waals surface area contributed by atoms with Gasteiger partial charge in [0, 0.05) is 12.2 Å². The average Bonchev–Trinajstić information content (AvgIpc) is 2.98. The Morgan fingerprint density at radius 3 is 2.91 bits per heavy atom. The van der Waals surface area contributed by atoms with Gasteiger partial charge in [-0.15, -0.1) is 0 Å². The molecular formula is C17H18N4O. The van der Waals surface area contributed by atoms with E-state index in [1.807, 2.05) is 60.0 Å². The molecule has 0 fully saturated rings. The molecule has 0 aliphatic rings. The maximum absolute atomic E-state index is 12.5. The van der Waals surface area contributed by atoms with Crippen molar-refractivity contribution in [1.82, 2.24) is 9.55 Å². The van der Waals surface area contributed by atoms with E-state index in [9.17, 15) is 4.79 Å². The molecule has 22 heavy (non-hydrogen) atoms. The summed E-state index contributed by atoms with van der Waals surface area (Å²) in [4.78, 5) is 16.8. The number of amides is 1. The molecule has 1 unspecified atom stereocenters. The van der Waals surface area contributed by atoms with Crippen LogP contribution < -0.4 is 11.1 Å². The zero-order valence-electron chi connectivity index (χ0n) is 12.4. The SMILES string of the molecule is CC(C(=O)Nc1cccc(CN)c1)n1cnc2ccccc21. The molecule has 0 saturated carbocycles. The molecule has 3 aromatic rings. The molecular weight excluding hydrogens is 276 g/mol. The van der Waals surface area contributed by atoms with Gasteiger partial charge in [-0.2, -0.15) is 0 Å². The van der Waals surface area contributed by atoms with Crippen LogP contribution in [0.2, 0.25) is 0 Å². The van der Waals surface area contributed by atoms with Crippen molar-refractivity contribution in [2.24, 2.45) is 5.73 Å². The van der Waals surface area contributed by atoms with Crippen molar-refractivity contribution in [3.63, 3.8) is 0 Å². The summed E-state index contributed by atoms with van der Waals surface area (Å²) in [6.07, 6.45) is 1.70. The number of carbonyl (C=O) groups excluding carboxylic acids is 1. The lowest BCUT2D eigenvalue weighted by atomic mass is 10.2. The van der Waals surface area contributed by atoms with Crippen molar-refractivity contribution in [3.8, 4) is 0 Å². The fourth-order valence-electron chi connectivity index (χ4n) is 2.44. The highest BCUT2D eigenvalue weighted by atomic mass is 16.2. The first-order chi connectivity index (χ1) is 10.7. The van der Waals surface area contributed by atoms with Crippen molar-refractivity contribution < 1.29 is 4.79 Å². The Kier molecular flexibility index (Phi) is 3.89. The Morgan fingerprint density at radius 2 is 2.09 bits per heavy atom. The molecule has 3 N–H and O–H groups in total. The van der Waals surface area contributed by atoms with E-state index in [1.54, 1.807) is 6.33 Å². The number of imidazole rings is 1. The molecule has 0 radical (unpaired) electrons. The largest absolute Gasteiger partial charge is 0.326 e. The minimum Gasteiger partial charge on any atom is -0.326 e. The standard InChI is InChI=1S/C17H18N4O/c1-12(21-11-19-15-7-2-3-8-16(15)21)17(22)20-14-6-4-5-13(9-14)10-18/h2-9,11-12H,10,18H2,1H3,(H,20,22). The summed E-state index contributed by atoms with van der Waals surface area (Å²) in [7, 11) is 0. The molecule has 112 valence electrons.